The molecule has 3 atom stereocenters. The number of aryl methyl sites for hydroxylation is 1. The number of carbonyl (C=O) groups excluding carboxylic acids is 3. The van der Waals surface area contributed by atoms with Gasteiger partial charge >= 0.3 is 12.0 Å². The fourth-order valence-corrected chi connectivity index (χ4v) is 3.54. The van der Waals surface area contributed by atoms with Crippen molar-refractivity contribution in [1.29, 1.82) is 0 Å². The van der Waals surface area contributed by atoms with Crippen LogP contribution >= 0.6 is 0 Å². The first-order valence-electron chi connectivity index (χ1n) is 8.27. The van der Waals surface area contributed by atoms with E-state index in [1.807, 2.05) is 31.2 Å². The first kappa shape index (κ1) is 17.1. The number of rotatable bonds is 3. The smallest absolute Gasteiger partial charge is 0.347 e. The summed E-state index contributed by atoms with van der Waals surface area (Å²) in [6.45, 7) is 5.79. The largest absolute Gasteiger partial charge is 0.466 e. The molecule has 0 fully saturated rings. The third kappa shape index (κ3) is 3.12. The van der Waals surface area contributed by atoms with Gasteiger partial charge in [-0.2, -0.15) is 4.99 Å². The topological polar surface area (TPSA) is 84.8 Å². The number of amides is 3. The maximum atomic E-state index is 12.6. The molecule has 6 nitrogen and oxygen atoms in total. The highest BCUT2D eigenvalue weighted by atomic mass is 16.5. The van der Waals surface area contributed by atoms with Gasteiger partial charge in [-0.1, -0.05) is 35.4 Å². The van der Waals surface area contributed by atoms with Crippen molar-refractivity contribution >= 4 is 23.6 Å². The summed E-state index contributed by atoms with van der Waals surface area (Å²) in [4.78, 5) is 40.7. The molecule has 2 aliphatic rings. The summed E-state index contributed by atoms with van der Waals surface area (Å²) >= 11 is 0. The van der Waals surface area contributed by atoms with E-state index in [-0.39, 0.29) is 12.6 Å². The van der Waals surface area contributed by atoms with E-state index >= 15 is 0 Å². The van der Waals surface area contributed by atoms with Gasteiger partial charge < -0.3 is 4.74 Å². The average Bonchev–Trinajstić information content (AvgIpc) is 2.54. The fraction of sp³-hybridized carbons (Fsp3) is 0.368. The maximum absolute atomic E-state index is 12.6. The van der Waals surface area contributed by atoms with Crippen molar-refractivity contribution < 1.29 is 19.1 Å². The number of imide groups is 1. The number of carbonyl (C=O) groups is 3. The summed E-state index contributed by atoms with van der Waals surface area (Å²) in [7, 11) is 0. The molecule has 3 amide bonds. The van der Waals surface area contributed by atoms with Crippen molar-refractivity contribution in [3.05, 3.63) is 47.0 Å². The number of esters is 1. The molecule has 0 bridgehead atoms. The second kappa shape index (κ2) is 6.63. The van der Waals surface area contributed by atoms with E-state index < -0.39 is 29.7 Å². The molecule has 0 saturated carbocycles. The van der Waals surface area contributed by atoms with Crippen LogP contribution in [0.15, 0.2) is 40.9 Å². The van der Waals surface area contributed by atoms with E-state index in [1.165, 1.54) is 0 Å². The Kier molecular flexibility index (Phi) is 4.53. The lowest BCUT2D eigenvalue weighted by Crippen LogP contribution is -2.50. The van der Waals surface area contributed by atoms with E-state index in [1.54, 1.807) is 19.9 Å². The minimum Gasteiger partial charge on any atom is -0.466 e. The quantitative estimate of drug-likeness (QED) is 0.857. The molecule has 3 rings (SSSR count). The third-order valence-electron chi connectivity index (χ3n) is 4.65. The molecule has 0 aromatic heterocycles. The zero-order chi connectivity index (χ0) is 18.1. The minimum absolute atomic E-state index is 0.263. The number of fused-ring (bicyclic) bond motifs is 1. The number of ether oxygens (including phenoxy) is 1. The second-order valence-electron chi connectivity index (χ2n) is 6.36. The minimum atomic E-state index is -0.696. The van der Waals surface area contributed by atoms with E-state index in [2.05, 4.69) is 10.3 Å². The first-order valence-corrected chi connectivity index (χ1v) is 8.27. The Hall–Kier alpha value is -2.76. The van der Waals surface area contributed by atoms with Crippen molar-refractivity contribution in [1.82, 2.24) is 5.32 Å². The Balaban J connectivity index is 2.16. The second-order valence-corrected chi connectivity index (χ2v) is 6.36. The molecule has 0 spiro atoms. The molecule has 25 heavy (non-hydrogen) atoms. The number of nitrogens with one attached hydrogen (secondary N) is 1. The van der Waals surface area contributed by atoms with Crippen molar-refractivity contribution in [2.45, 2.75) is 26.7 Å². The highest BCUT2D eigenvalue weighted by molar-refractivity contribution is 6.21. The van der Waals surface area contributed by atoms with Gasteiger partial charge in [-0.3, -0.25) is 14.9 Å². The van der Waals surface area contributed by atoms with Crippen molar-refractivity contribution in [2.75, 3.05) is 6.61 Å². The van der Waals surface area contributed by atoms with Crippen LogP contribution in [0.2, 0.25) is 0 Å². The lowest BCUT2D eigenvalue weighted by molar-refractivity contribution is -0.148. The molecule has 0 radical (unpaired) electrons. The van der Waals surface area contributed by atoms with Gasteiger partial charge in [0.15, 0.2) is 0 Å². The van der Waals surface area contributed by atoms with Crippen LogP contribution in [0, 0.1) is 18.8 Å². The summed E-state index contributed by atoms with van der Waals surface area (Å²) in [5, 5.41) is 2.25. The van der Waals surface area contributed by atoms with E-state index in [0.717, 1.165) is 16.7 Å². The Bertz CT molecular complexity index is 792. The molecule has 6 heteroatoms. The number of hydrogen-bond acceptors (Lipinski definition) is 4. The van der Waals surface area contributed by atoms with Crippen molar-refractivity contribution in [3.63, 3.8) is 0 Å². The Labute approximate surface area is 146 Å². The van der Waals surface area contributed by atoms with Crippen LogP contribution in [0.4, 0.5) is 4.79 Å². The summed E-state index contributed by atoms with van der Waals surface area (Å²) in [5.41, 5.74) is 3.06. The van der Waals surface area contributed by atoms with Crippen LogP contribution in [-0.4, -0.2) is 30.2 Å². The summed E-state index contributed by atoms with van der Waals surface area (Å²) in [5.74, 6) is -2.55. The SMILES string of the molecule is CCOC(=O)C1C(C)=CC2=NC(=O)NC(=O)C2C1c1ccc(C)cc1. The van der Waals surface area contributed by atoms with Crippen molar-refractivity contribution in [3.8, 4) is 0 Å². The number of urea groups is 1. The maximum Gasteiger partial charge on any atom is 0.347 e. The summed E-state index contributed by atoms with van der Waals surface area (Å²) in [6.07, 6.45) is 1.66. The first-order chi connectivity index (χ1) is 11.9. The molecule has 1 heterocycles. The zero-order valence-electron chi connectivity index (χ0n) is 14.4. The molecule has 1 aliphatic heterocycles. The molecular formula is C19H20N2O4. The monoisotopic (exact) mass is 340 g/mol. The molecular weight excluding hydrogens is 320 g/mol. The fourth-order valence-electron chi connectivity index (χ4n) is 3.54. The molecule has 1 aromatic rings. The van der Waals surface area contributed by atoms with Crippen LogP contribution in [0.1, 0.15) is 30.9 Å². The Morgan fingerprint density at radius 2 is 1.88 bits per heavy atom. The van der Waals surface area contributed by atoms with Crippen LogP contribution in [0.3, 0.4) is 0 Å². The third-order valence-corrected chi connectivity index (χ3v) is 4.65. The lowest BCUT2D eigenvalue weighted by Gasteiger charge is -2.37. The normalized spacial score (nSPS) is 25.5. The number of benzene rings is 1. The van der Waals surface area contributed by atoms with Gasteiger partial charge in [0.25, 0.3) is 0 Å². The van der Waals surface area contributed by atoms with Gasteiger partial charge in [-0.15, -0.1) is 0 Å². The molecule has 0 saturated heterocycles. The van der Waals surface area contributed by atoms with Gasteiger partial charge in [0.1, 0.15) is 0 Å². The van der Waals surface area contributed by atoms with Crippen LogP contribution in [-0.2, 0) is 14.3 Å². The van der Waals surface area contributed by atoms with E-state index in [9.17, 15) is 14.4 Å². The van der Waals surface area contributed by atoms with Gasteiger partial charge in [0.2, 0.25) is 5.91 Å². The number of aliphatic imine (C=N–C) groups is 1. The van der Waals surface area contributed by atoms with Crippen molar-refractivity contribution in [2.24, 2.45) is 16.8 Å². The van der Waals surface area contributed by atoms with Crippen LogP contribution < -0.4 is 5.32 Å². The standard InChI is InChI=1S/C19H20N2O4/c1-4-25-18(23)14-11(3)9-13-16(17(22)21-19(24)20-13)15(14)12-7-5-10(2)6-8-12/h5-9,14-16H,4H2,1-3H3,(H,21,22,24). The predicted octanol–water partition coefficient (Wildman–Crippen LogP) is 2.52. The molecule has 3 unspecified atom stereocenters. The number of hydrogen-bond donors (Lipinski definition) is 1. The highest BCUT2D eigenvalue weighted by Crippen LogP contribution is 2.42. The lowest BCUT2D eigenvalue weighted by atomic mass is 9.67. The molecule has 1 N–H and O–H groups in total. The number of allylic oxidation sites excluding steroid dienone is 1. The molecule has 1 aromatic carbocycles. The van der Waals surface area contributed by atoms with Gasteiger partial charge in [-0.05, 0) is 32.4 Å². The van der Waals surface area contributed by atoms with E-state index in [0.29, 0.717) is 5.71 Å². The Morgan fingerprint density at radius 1 is 1.20 bits per heavy atom. The Morgan fingerprint density at radius 3 is 2.52 bits per heavy atom. The average molecular weight is 340 g/mol. The summed E-state index contributed by atoms with van der Waals surface area (Å²) < 4.78 is 5.25. The van der Waals surface area contributed by atoms with Crippen LogP contribution in [0.5, 0.6) is 0 Å². The zero-order valence-corrected chi connectivity index (χ0v) is 14.4. The number of nitrogens with zero attached hydrogens (tertiary/aromatic N) is 1. The van der Waals surface area contributed by atoms with Gasteiger partial charge in [0.05, 0.1) is 24.2 Å². The van der Waals surface area contributed by atoms with Crippen LogP contribution in [0.25, 0.3) is 0 Å². The molecule has 130 valence electrons. The highest BCUT2D eigenvalue weighted by Gasteiger charge is 2.47. The van der Waals surface area contributed by atoms with Gasteiger partial charge in [0, 0.05) is 5.92 Å². The van der Waals surface area contributed by atoms with Gasteiger partial charge in [-0.25, -0.2) is 4.79 Å². The predicted molar refractivity (Wildman–Crippen MR) is 92.3 cm³/mol. The molecule has 1 aliphatic carbocycles. The van der Waals surface area contributed by atoms with E-state index in [4.69, 9.17) is 4.74 Å². The summed E-state index contributed by atoms with van der Waals surface area (Å²) in [6, 6.07) is 7.03.